The van der Waals surface area contributed by atoms with Crippen LogP contribution in [0.2, 0.25) is 0 Å². The van der Waals surface area contributed by atoms with Crippen molar-refractivity contribution >= 4 is 95.6 Å². The molecule has 12 aromatic rings. The standard InChI is InChI=1S/C72H49N3O6/c1-4-22-46(23-5-1)67-55-31-13-19-37-61(55)79-70(67)73(64-40-49-28-10-16-34-58(49)76-64)52-43-53(74(65-41-50-29-11-17-35-59(50)77-65)71-68(47-24-6-2-7-25-47)56-32-14-20-38-62(56)80-71)45-54(44-52)75(66-42-51-30-12-18-36-60(51)78-66)72-69(48-26-8-3-9-27-48)57-33-15-21-39-63(57)81-72/h1-45,55-56,61-62H. The first-order valence-electron chi connectivity index (χ1n) is 27.4. The van der Waals surface area contributed by atoms with E-state index in [2.05, 4.69) is 203 Å². The Morgan fingerprint density at radius 2 is 0.679 bits per heavy atom. The van der Waals surface area contributed by atoms with Crippen molar-refractivity contribution in [2.24, 2.45) is 11.8 Å². The smallest absolute Gasteiger partial charge is 0.216 e. The Bertz CT molecular complexity index is 4300. The predicted molar refractivity (Wildman–Crippen MR) is 323 cm³/mol. The van der Waals surface area contributed by atoms with Gasteiger partial charge in [0.2, 0.25) is 35.3 Å². The summed E-state index contributed by atoms with van der Waals surface area (Å²) in [5, 5.41) is 3.76. The van der Waals surface area contributed by atoms with Crippen molar-refractivity contribution in [3.8, 4) is 11.1 Å². The molecule has 0 saturated heterocycles. The summed E-state index contributed by atoms with van der Waals surface area (Å²) in [5.41, 5.74) is 10.9. The normalized spacial score (nSPS) is 18.0. The van der Waals surface area contributed by atoms with Gasteiger partial charge in [-0.15, -0.1) is 0 Å². The van der Waals surface area contributed by atoms with Crippen LogP contribution in [0.4, 0.5) is 40.6 Å². The summed E-state index contributed by atoms with van der Waals surface area (Å²) in [4.78, 5) is 6.36. The highest BCUT2D eigenvalue weighted by Gasteiger charge is 2.43. The molecule has 0 saturated carbocycles. The average molecular weight is 1050 g/mol. The quantitative estimate of drug-likeness (QED) is 0.119. The highest BCUT2D eigenvalue weighted by Crippen LogP contribution is 2.54. The zero-order valence-electron chi connectivity index (χ0n) is 43.6. The van der Waals surface area contributed by atoms with Crippen LogP contribution in [0.15, 0.2) is 302 Å². The van der Waals surface area contributed by atoms with E-state index in [-0.39, 0.29) is 24.0 Å². The van der Waals surface area contributed by atoms with Gasteiger partial charge < -0.3 is 27.1 Å². The topological polar surface area (TPSA) is 80.7 Å². The molecule has 0 spiro atoms. The van der Waals surface area contributed by atoms with Crippen molar-refractivity contribution < 1.29 is 27.1 Å². The van der Waals surface area contributed by atoms with Crippen molar-refractivity contribution in [3.63, 3.8) is 0 Å². The minimum Gasteiger partial charge on any atom is -0.470 e. The van der Waals surface area contributed by atoms with Crippen molar-refractivity contribution in [2.45, 2.75) is 12.2 Å². The van der Waals surface area contributed by atoms with Crippen LogP contribution >= 0.6 is 0 Å². The third kappa shape index (κ3) is 7.92. The molecule has 0 N–H and O–H groups in total. The third-order valence-electron chi connectivity index (χ3n) is 15.8. The molecule has 0 amide bonds. The second-order valence-corrected chi connectivity index (χ2v) is 20.7. The van der Waals surface area contributed by atoms with Gasteiger partial charge in [-0.3, -0.25) is 9.80 Å². The average Bonchev–Trinajstić information content (AvgIpc) is 4.59. The molecule has 0 fully saturated rings. The van der Waals surface area contributed by atoms with Gasteiger partial charge in [0, 0.05) is 62.7 Å². The van der Waals surface area contributed by atoms with Crippen molar-refractivity contribution in [2.75, 3.05) is 14.7 Å². The Labute approximate surface area is 466 Å². The molecule has 4 aromatic heterocycles. The van der Waals surface area contributed by atoms with Crippen LogP contribution in [0.25, 0.3) is 66.2 Å². The molecule has 0 radical (unpaired) electrons. The van der Waals surface area contributed by atoms with Gasteiger partial charge in [-0.25, -0.2) is 4.90 Å². The van der Waals surface area contributed by atoms with E-state index >= 15 is 0 Å². The molecule has 0 bridgehead atoms. The lowest BCUT2D eigenvalue weighted by Crippen LogP contribution is -2.22. The maximum atomic E-state index is 7.37. The molecule has 4 unspecified atom stereocenters. The molecule has 4 atom stereocenters. The summed E-state index contributed by atoms with van der Waals surface area (Å²) in [7, 11) is 0. The van der Waals surface area contributed by atoms with Crippen molar-refractivity contribution in [1.29, 1.82) is 0 Å². The fraction of sp³-hybridized carbons (Fsp3) is 0.0556. The van der Waals surface area contributed by atoms with Crippen LogP contribution in [0.1, 0.15) is 11.1 Å². The first kappa shape index (κ1) is 46.5. The minimum absolute atomic E-state index is 0.111. The molecule has 6 heterocycles. The zero-order valence-corrected chi connectivity index (χ0v) is 43.6. The third-order valence-corrected chi connectivity index (χ3v) is 15.8. The highest BCUT2D eigenvalue weighted by atomic mass is 16.5. The highest BCUT2D eigenvalue weighted by molar-refractivity contribution is 6.04. The zero-order chi connectivity index (χ0) is 53.4. The van der Waals surface area contributed by atoms with Gasteiger partial charge in [0.05, 0.1) is 22.6 Å². The Hall–Kier alpha value is -10.6. The SMILES string of the molecule is C1=CC2OC(N(c3cc(N(C4=C(c5ccccc5)C5C=CC=CC5O4)c4cc5ccccc5o4)cc(N(c4cc5ccccc5o4)c4oc5ccccc5c4-c4ccccc4)c3)c3cc4ccccc4o3)=C(c3ccccc3)C2C=C1. The molecule has 8 aromatic carbocycles. The molecule has 2 aliphatic heterocycles. The molecule has 9 nitrogen and oxygen atoms in total. The predicted octanol–water partition coefficient (Wildman–Crippen LogP) is 19.1. The number of hydrogen-bond acceptors (Lipinski definition) is 9. The summed E-state index contributed by atoms with van der Waals surface area (Å²) < 4.78 is 43.2. The van der Waals surface area contributed by atoms with Gasteiger partial charge in [-0.05, 0) is 71.3 Å². The number of furan rings is 4. The maximum absolute atomic E-state index is 7.37. The number of nitrogens with zero attached hydrogens (tertiary/aromatic N) is 3. The number of anilines is 7. The van der Waals surface area contributed by atoms with Crippen LogP contribution in [0, 0.1) is 11.8 Å². The molecule has 16 rings (SSSR count). The Morgan fingerprint density at radius 3 is 1.14 bits per heavy atom. The van der Waals surface area contributed by atoms with E-state index in [1.54, 1.807) is 0 Å². The Kier molecular flexibility index (Phi) is 10.9. The molecule has 9 heteroatoms. The first-order chi connectivity index (χ1) is 40.1. The largest absolute Gasteiger partial charge is 0.470 e. The number of fused-ring (bicyclic) bond motifs is 6. The summed E-state index contributed by atoms with van der Waals surface area (Å²) in [5.74, 6) is 3.21. The summed E-state index contributed by atoms with van der Waals surface area (Å²) in [6, 6.07) is 76.7. The van der Waals surface area contributed by atoms with Crippen LogP contribution in [0.3, 0.4) is 0 Å². The number of para-hydroxylation sites is 4. The van der Waals surface area contributed by atoms with Crippen molar-refractivity contribution in [1.82, 2.24) is 0 Å². The van der Waals surface area contributed by atoms with E-state index in [1.807, 2.05) is 84.9 Å². The van der Waals surface area contributed by atoms with Crippen LogP contribution < -0.4 is 14.7 Å². The summed E-state index contributed by atoms with van der Waals surface area (Å²) in [6.07, 6.45) is 16.5. The second kappa shape index (κ2) is 19.1. The number of ether oxygens (including phenoxy) is 2. The van der Waals surface area contributed by atoms with Gasteiger partial charge in [0.25, 0.3) is 0 Å². The number of rotatable bonds is 12. The van der Waals surface area contributed by atoms with Crippen LogP contribution in [0.5, 0.6) is 0 Å². The van der Waals surface area contributed by atoms with E-state index < -0.39 is 0 Å². The Morgan fingerprint density at radius 1 is 0.309 bits per heavy atom. The van der Waals surface area contributed by atoms with E-state index in [4.69, 9.17) is 27.1 Å². The molecular formula is C72H49N3O6. The Balaban J connectivity index is 1.05. The fourth-order valence-electron chi connectivity index (χ4n) is 12.1. The number of hydrogen-bond donors (Lipinski definition) is 0. The second-order valence-electron chi connectivity index (χ2n) is 20.7. The monoisotopic (exact) mass is 1050 g/mol. The van der Waals surface area contributed by atoms with E-state index in [1.165, 1.54) is 0 Å². The van der Waals surface area contributed by atoms with Crippen molar-refractivity contribution in [3.05, 3.63) is 296 Å². The molecule has 81 heavy (non-hydrogen) atoms. The van der Waals surface area contributed by atoms with Gasteiger partial charge in [-0.2, -0.15) is 0 Å². The molecule has 4 aliphatic rings. The van der Waals surface area contributed by atoms with Crippen LogP contribution in [-0.2, 0) is 9.47 Å². The van der Waals surface area contributed by atoms with E-state index in [9.17, 15) is 0 Å². The summed E-state index contributed by atoms with van der Waals surface area (Å²) in [6.45, 7) is 0. The lowest BCUT2D eigenvalue weighted by molar-refractivity contribution is 0.161. The fourth-order valence-corrected chi connectivity index (χ4v) is 12.1. The molecular weight excluding hydrogens is 1000 g/mol. The molecule has 388 valence electrons. The lowest BCUT2D eigenvalue weighted by Gasteiger charge is -2.30. The van der Waals surface area contributed by atoms with E-state index in [0.717, 1.165) is 77.3 Å². The van der Waals surface area contributed by atoms with Gasteiger partial charge in [-0.1, -0.05) is 200 Å². The minimum atomic E-state index is -0.298. The lowest BCUT2D eigenvalue weighted by atomic mass is 9.87. The van der Waals surface area contributed by atoms with Gasteiger partial charge >= 0.3 is 0 Å². The van der Waals surface area contributed by atoms with Gasteiger partial charge in [0.15, 0.2) is 0 Å². The number of benzene rings is 8. The van der Waals surface area contributed by atoms with Crippen LogP contribution in [-0.4, -0.2) is 12.2 Å². The molecule has 2 aliphatic carbocycles. The number of allylic oxidation sites excluding steroid dienone is 4. The summed E-state index contributed by atoms with van der Waals surface area (Å²) >= 11 is 0. The van der Waals surface area contributed by atoms with E-state index in [0.29, 0.717) is 52.4 Å². The van der Waals surface area contributed by atoms with Gasteiger partial charge in [0.1, 0.15) is 34.5 Å². The first-order valence-corrected chi connectivity index (χ1v) is 27.4. The maximum Gasteiger partial charge on any atom is 0.216 e.